The average Bonchev–Trinajstić information content (AvgIpc) is 2.92. The summed E-state index contributed by atoms with van der Waals surface area (Å²) in [7, 11) is -1.07. The molecule has 1 unspecified atom stereocenters. The van der Waals surface area contributed by atoms with Crippen molar-refractivity contribution in [3.8, 4) is 6.07 Å². The van der Waals surface area contributed by atoms with E-state index in [1.807, 2.05) is 34.6 Å². The van der Waals surface area contributed by atoms with Crippen molar-refractivity contribution in [2.45, 2.75) is 18.3 Å². The second kappa shape index (κ2) is 9.96. The van der Waals surface area contributed by atoms with Crippen LogP contribution in [0.2, 0.25) is 0 Å². The van der Waals surface area contributed by atoms with Crippen molar-refractivity contribution in [1.29, 1.82) is 5.26 Å². The second-order valence-electron chi connectivity index (χ2n) is 9.37. The third-order valence-corrected chi connectivity index (χ3v) is 8.49. The van der Waals surface area contributed by atoms with Crippen LogP contribution in [0.1, 0.15) is 28.8 Å². The molecule has 1 amide bonds. The van der Waals surface area contributed by atoms with Gasteiger partial charge in [0.1, 0.15) is 5.82 Å². The maximum atomic E-state index is 14.4. The fourth-order valence-electron chi connectivity index (χ4n) is 5.30. The van der Waals surface area contributed by atoms with Gasteiger partial charge in [-0.2, -0.15) is 5.26 Å². The van der Waals surface area contributed by atoms with Crippen molar-refractivity contribution in [1.82, 2.24) is 14.2 Å². The molecule has 0 bridgehead atoms. The Morgan fingerprint density at radius 1 is 1.06 bits per heavy atom. The molecule has 0 saturated carbocycles. The van der Waals surface area contributed by atoms with E-state index in [1.165, 1.54) is 12.1 Å². The van der Waals surface area contributed by atoms with Gasteiger partial charge in [-0.15, -0.1) is 0 Å². The van der Waals surface area contributed by atoms with Crippen LogP contribution in [-0.2, 0) is 16.4 Å². The van der Waals surface area contributed by atoms with Crippen LogP contribution in [0.5, 0.6) is 0 Å². The van der Waals surface area contributed by atoms with Gasteiger partial charge < -0.3 is 9.80 Å². The highest BCUT2D eigenvalue weighted by atomic mass is 32.2. The molecule has 36 heavy (non-hydrogen) atoms. The predicted molar refractivity (Wildman–Crippen MR) is 138 cm³/mol. The quantitative estimate of drug-likeness (QED) is 0.542. The summed E-state index contributed by atoms with van der Waals surface area (Å²) >= 11 is 0. The number of hydrogen-bond acceptors (Lipinski definition) is 5. The number of carbonyl (C=O) groups is 1. The van der Waals surface area contributed by atoms with Crippen molar-refractivity contribution in [3.05, 3.63) is 71.7 Å². The minimum absolute atomic E-state index is 0.162. The van der Waals surface area contributed by atoms with Gasteiger partial charge in [-0.25, -0.2) is 12.9 Å². The molecule has 0 radical (unpaired) electrons. The molecule has 9 heteroatoms. The molecule has 3 heterocycles. The first-order valence-corrected chi connectivity index (χ1v) is 13.6. The Labute approximate surface area is 212 Å². The monoisotopic (exact) mass is 505 g/mol. The summed E-state index contributed by atoms with van der Waals surface area (Å²) in [5, 5.41) is 10.7. The molecule has 0 spiro atoms. The van der Waals surface area contributed by atoms with Crippen LogP contribution < -0.4 is 4.90 Å². The fourth-order valence-corrected chi connectivity index (χ4v) is 5.98. The number of halogens is 1. The van der Waals surface area contributed by atoms with Gasteiger partial charge in [0.2, 0.25) is 0 Å². The summed E-state index contributed by atoms with van der Waals surface area (Å²) in [6.45, 7) is 3.10. The molecule has 2 fully saturated rings. The Morgan fingerprint density at radius 2 is 1.75 bits per heavy atom. The molecular formula is C27H28FN5O2S. The first kappa shape index (κ1) is 24.3. The summed E-state index contributed by atoms with van der Waals surface area (Å²) in [5.74, 6) is -0.549. The number of nitriles is 1. The molecule has 1 aromatic heterocycles. The van der Waals surface area contributed by atoms with E-state index in [0.717, 1.165) is 5.56 Å². The Hall–Kier alpha value is -3.35. The Morgan fingerprint density at radius 3 is 2.39 bits per heavy atom. The standard InChI is InChI=1S/C27H28FN5O2S/c1-36(35)33-15-13-32(14-16-33)26(34)23-18-30-24-8-7-21(28)17-22(24)25(23)31-11-9-27(19-29,10-12-31)20-5-3-2-4-6-20/h2-8,17-18H,9-16H2,1H3. The lowest BCUT2D eigenvalue weighted by atomic mass is 9.74. The zero-order valence-corrected chi connectivity index (χ0v) is 21.0. The van der Waals surface area contributed by atoms with E-state index in [-0.39, 0.29) is 11.7 Å². The van der Waals surface area contributed by atoms with Gasteiger partial charge in [0.15, 0.2) is 0 Å². The van der Waals surface area contributed by atoms with Crippen LogP contribution in [0, 0.1) is 17.1 Å². The number of rotatable bonds is 4. The van der Waals surface area contributed by atoms with Crippen LogP contribution in [0.25, 0.3) is 10.9 Å². The summed E-state index contributed by atoms with van der Waals surface area (Å²) in [4.78, 5) is 22.0. The summed E-state index contributed by atoms with van der Waals surface area (Å²) in [6, 6.07) is 16.8. The maximum Gasteiger partial charge on any atom is 0.257 e. The maximum absolute atomic E-state index is 14.4. The van der Waals surface area contributed by atoms with Crippen molar-refractivity contribution in [2.24, 2.45) is 0 Å². The Bertz CT molecular complexity index is 1340. The van der Waals surface area contributed by atoms with Crippen LogP contribution in [0.3, 0.4) is 0 Å². The number of piperidine rings is 1. The topological polar surface area (TPSA) is 80.5 Å². The molecule has 5 rings (SSSR count). The fraction of sp³-hybridized carbons (Fsp3) is 0.370. The normalized spacial score (nSPS) is 19.1. The third-order valence-electron chi connectivity index (χ3n) is 7.40. The van der Waals surface area contributed by atoms with E-state index in [4.69, 9.17) is 0 Å². The highest BCUT2D eigenvalue weighted by molar-refractivity contribution is 7.81. The highest BCUT2D eigenvalue weighted by Crippen LogP contribution is 2.39. The van der Waals surface area contributed by atoms with E-state index in [0.29, 0.717) is 74.3 Å². The van der Waals surface area contributed by atoms with E-state index < -0.39 is 16.4 Å². The first-order chi connectivity index (χ1) is 17.4. The van der Waals surface area contributed by atoms with Gasteiger partial charge in [0, 0.05) is 57.1 Å². The lowest BCUT2D eigenvalue weighted by Gasteiger charge is -2.40. The minimum Gasteiger partial charge on any atom is -0.370 e. The van der Waals surface area contributed by atoms with Crippen LogP contribution >= 0.6 is 0 Å². The van der Waals surface area contributed by atoms with E-state index in [1.54, 1.807) is 23.4 Å². The number of piperazine rings is 1. The number of anilines is 1. The molecule has 2 aromatic carbocycles. The number of aromatic nitrogens is 1. The largest absolute Gasteiger partial charge is 0.370 e. The molecule has 7 nitrogen and oxygen atoms in total. The minimum atomic E-state index is -1.07. The molecule has 2 aliphatic rings. The van der Waals surface area contributed by atoms with Crippen LogP contribution in [0.4, 0.5) is 10.1 Å². The smallest absolute Gasteiger partial charge is 0.257 e. The first-order valence-electron chi connectivity index (χ1n) is 12.1. The molecule has 186 valence electrons. The van der Waals surface area contributed by atoms with Crippen molar-refractivity contribution >= 4 is 33.5 Å². The number of hydrogen-bond donors (Lipinski definition) is 0. The van der Waals surface area contributed by atoms with Gasteiger partial charge in [-0.05, 0) is 36.6 Å². The van der Waals surface area contributed by atoms with Gasteiger partial charge >= 0.3 is 0 Å². The summed E-state index contributed by atoms with van der Waals surface area (Å²) in [6.07, 6.45) is 4.43. The molecule has 3 aromatic rings. The lowest BCUT2D eigenvalue weighted by Crippen LogP contribution is -2.49. The third kappa shape index (κ3) is 4.47. The number of carbonyl (C=O) groups excluding carboxylic acids is 1. The predicted octanol–water partition coefficient (Wildman–Crippen LogP) is 3.49. The molecule has 0 N–H and O–H groups in total. The SMILES string of the molecule is CS(=O)N1CCN(C(=O)c2cnc3ccc(F)cc3c2N2CCC(C#N)(c3ccccc3)CC2)CC1. The molecular weight excluding hydrogens is 477 g/mol. The number of nitrogens with zero attached hydrogens (tertiary/aromatic N) is 5. The van der Waals surface area contributed by atoms with Crippen molar-refractivity contribution in [3.63, 3.8) is 0 Å². The zero-order valence-electron chi connectivity index (χ0n) is 20.2. The van der Waals surface area contributed by atoms with E-state index >= 15 is 0 Å². The summed E-state index contributed by atoms with van der Waals surface area (Å²) in [5.41, 5.74) is 2.13. The molecule has 2 saturated heterocycles. The van der Waals surface area contributed by atoms with Crippen LogP contribution in [-0.4, -0.2) is 69.8 Å². The van der Waals surface area contributed by atoms with Gasteiger partial charge in [0.05, 0.1) is 39.2 Å². The molecule has 1 atom stereocenters. The number of pyridine rings is 1. The Kier molecular flexibility index (Phi) is 6.73. The van der Waals surface area contributed by atoms with Crippen LogP contribution in [0.15, 0.2) is 54.7 Å². The van der Waals surface area contributed by atoms with E-state index in [9.17, 15) is 18.7 Å². The number of benzene rings is 2. The van der Waals surface area contributed by atoms with Crippen molar-refractivity contribution in [2.75, 3.05) is 50.4 Å². The molecule has 0 aliphatic carbocycles. The van der Waals surface area contributed by atoms with Gasteiger partial charge in [-0.1, -0.05) is 30.3 Å². The number of amides is 1. The average molecular weight is 506 g/mol. The van der Waals surface area contributed by atoms with Crippen molar-refractivity contribution < 1.29 is 13.4 Å². The van der Waals surface area contributed by atoms with Gasteiger partial charge in [0.25, 0.3) is 5.91 Å². The van der Waals surface area contributed by atoms with Gasteiger partial charge in [-0.3, -0.25) is 9.78 Å². The second-order valence-corrected chi connectivity index (χ2v) is 10.7. The van der Waals surface area contributed by atoms with E-state index in [2.05, 4.69) is 16.0 Å². The zero-order chi connectivity index (χ0) is 25.3. The summed E-state index contributed by atoms with van der Waals surface area (Å²) < 4.78 is 28.0. The molecule has 2 aliphatic heterocycles. The Balaban J connectivity index is 1.49. The highest BCUT2D eigenvalue weighted by Gasteiger charge is 2.38. The lowest BCUT2D eigenvalue weighted by molar-refractivity contribution is 0.0701. The number of fused-ring (bicyclic) bond motifs is 1.